The van der Waals surface area contributed by atoms with E-state index in [0.29, 0.717) is 11.3 Å². The Hall–Kier alpha value is -2.08. The number of hydrogen-bond donors (Lipinski definition) is 2. The highest BCUT2D eigenvalue weighted by Crippen LogP contribution is 2.27. The minimum absolute atomic E-state index is 0.0533. The van der Waals surface area contributed by atoms with Gasteiger partial charge in [-0.3, -0.25) is 4.79 Å². The van der Waals surface area contributed by atoms with Crippen LogP contribution in [-0.4, -0.2) is 23.1 Å². The minimum atomic E-state index is -0.245. The van der Waals surface area contributed by atoms with Crippen LogP contribution >= 0.6 is 11.3 Å². The molecule has 0 bridgehead atoms. The molecule has 1 atom stereocenters. The molecular formula is C14H16N2O3S. The second kappa shape index (κ2) is 6.38. The SMILES string of the molecule is CCC(NC(=O)c1ccc(OC)c(O)c1)c1nccs1. The lowest BCUT2D eigenvalue weighted by atomic mass is 10.1. The zero-order valence-corrected chi connectivity index (χ0v) is 12.1. The van der Waals surface area contributed by atoms with Crippen molar-refractivity contribution in [2.24, 2.45) is 0 Å². The molecule has 6 heteroatoms. The Morgan fingerprint density at radius 2 is 2.35 bits per heavy atom. The van der Waals surface area contributed by atoms with E-state index in [0.717, 1.165) is 11.4 Å². The zero-order valence-electron chi connectivity index (χ0n) is 11.3. The highest BCUT2D eigenvalue weighted by molar-refractivity contribution is 7.09. The molecule has 1 heterocycles. The van der Waals surface area contributed by atoms with E-state index in [9.17, 15) is 9.90 Å². The largest absolute Gasteiger partial charge is 0.504 e. The van der Waals surface area contributed by atoms with Gasteiger partial charge in [-0.1, -0.05) is 6.92 Å². The number of hydrogen-bond acceptors (Lipinski definition) is 5. The van der Waals surface area contributed by atoms with Crippen LogP contribution in [0.5, 0.6) is 11.5 Å². The first-order valence-electron chi connectivity index (χ1n) is 6.23. The van der Waals surface area contributed by atoms with E-state index in [-0.39, 0.29) is 17.7 Å². The van der Waals surface area contributed by atoms with Gasteiger partial charge < -0.3 is 15.2 Å². The van der Waals surface area contributed by atoms with Gasteiger partial charge in [0.05, 0.1) is 13.2 Å². The number of nitrogens with one attached hydrogen (secondary N) is 1. The molecule has 106 valence electrons. The number of phenols is 1. The number of methoxy groups -OCH3 is 1. The molecule has 0 radical (unpaired) electrons. The van der Waals surface area contributed by atoms with Gasteiger partial charge in [0, 0.05) is 17.1 Å². The van der Waals surface area contributed by atoms with Crippen molar-refractivity contribution in [2.45, 2.75) is 19.4 Å². The third-order valence-electron chi connectivity index (χ3n) is 2.90. The summed E-state index contributed by atoms with van der Waals surface area (Å²) in [6, 6.07) is 4.45. The van der Waals surface area contributed by atoms with Crippen LogP contribution in [0.15, 0.2) is 29.8 Å². The predicted octanol–water partition coefficient (Wildman–Crippen LogP) is 2.74. The van der Waals surface area contributed by atoms with E-state index < -0.39 is 0 Å². The molecule has 0 spiro atoms. The van der Waals surface area contributed by atoms with Crippen LogP contribution in [0.2, 0.25) is 0 Å². The number of ether oxygens (including phenoxy) is 1. The number of carbonyl (C=O) groups is 1. The number of benzene rings is 1. The Morgan fingerprint density at radius 1 is 1.55 bits per heavy atom. The maximum absolute atomic E-state index is 12.2. The second-order valence-electron chi connectivity index (χ2n) is 4.19. The average Bonchev–Trinajstić information content (AvgIpc) is 2.98. The fourth-order valence-electron chi connectivity index (χ4n) is 1.82. The number of thiazole rings is 1. The van der Waals surface area contributed by atoms with Crippen LogP contribution in [0, 0.1) is 0 Å². The van der Waals surface area contributed by atoms with Crippen molar-refractivity contribution in [3.8, 4) is 11.5 Å². The van der Waals surface area contributed by atoms with Crippen molar-refractivity contribution in [1.29, 1.82) is 0 Å². The summed E-state index contributed by atoms with van der Waals surface area (Å²) in [6.45, 7) is 1.98. The van der Waals surface area contributed by atoms with Gasteiger partial charge in [0.2, 0.25) is 0 Å². The molecule has 1 amide bonds. The van der Waals surface area contributed by atoms with Crippen LogP contribution in [0.3, 0.4) is 0 Å². The van der Waals surface area contributed by atoms with Crippen LogP contribution in [-0.2, 0) is 0 Å². The highest BCUT2D eigenvalue weighted by Gasteiger charge is 2.17. The molecule has 2 rings (SSSR count). The number of rotatable bonds is 5. The van der Waals surface area contributed by atoms with Crippen molar-refractivity contribution < 1.29 is 14.6 Å². The Bertz CT molecular complexity index is 584. The summed E-state index contributed by atoms with van der Waals surface area (Å²) in [6.07, 6.45) is 2.47. The van der Waals surface area contributed by atoms with E-state index in [2.05, 4.69) is 10.3 Å². The number of phenolic OH excluding ortho intramolecular Hbond substituents is 1. The monoisotopic (exact) mass is 292 g/mol. The number of nitrogens with zero attached hydrogens (tertiary/aromatic N) is 1. The van der Waals surface area contributed by atoms with Crippen LogP contribution in [0.4, 0.5) is 0 Å². The maximum atomic E-state index is 12.2. The average molecular weight is 292 g/mol. The van der Waals surface area contributed by atoms with E-state index in [1.165, 1.54) is 24.5 Å². The first kappa shape index (κ1) is 14.3. The third kappa shape index (κ3) is 3.08. The van der Waals surface area contributed by atoms with Crippen molar-refractivity contribution in [3.05, 3.63) is 40.3 Å². The molecule has 2 aromatic rings. The smallest absolute Gasteiger partial charge is 0.251 e. The molecule has 0 saturated carbocycles. The van der Waals surface area contributed by atoms with Crippen LogP contribution < -0.4 is 10.1 Å². The molecule has 2 N–H and O–H groups in total. The molecule has 0 aliphatic rings. The van der Waals surface area contributed by atoms with Crippen molar-refractivity contribution in [3.63, 3.8) is 0 Å². The lowest BCUT2D eigenvalue weighted by Gasteiger charge is -2.14. The van der Waals surface area contributed by atoms with E-state index >= 15 is 0 Å². The van der Waals surface area contributed by atoms with Gasteiger partial charge in [-0.15, -0.1) is 11.3 Å². The van der Waals surface area contributed by atoms with Gasteiger partial charge >= 0.3 is 0 Å². The van der Waals surface area contributed by atoms with Crippen molar-refractivity contribution in [1.82, 2.24) is 10.3 Å². The molecule has 0 fully saturated rings. The molecule has 5 nitrogen and oxygen atoms in total. The number of amides is 1. The first-order valence-corrected chi connectivity index (χ1v) is 7.11. The molecule has 20 heavy (non-hydrogen) atoms. The lowest BCUT2D eigenvalue weighted by Crippen LogP contribution is -2.28. The van der Waals surface area contributed by atoms with Crippen LogP contribution in [0.25, 0.3) is 0 Å². The fourth-order valence-corrected chi connectivity index (χ4v) is 2.59. The maximum Gasteiger partial charge on any atom is 0.251 e. The predicted molar refractivity (Wildman–Crippen MR) is 77.3 cm³/mol. The van der Waals surface area contributed by atoms with Gasteiger partial charge in [-0.05, 0) is 24.6 Å². The molecule has 1 aromatic carbocycles. The molecular weight excluding hydrogens is 276 g/mol. The topological polar surface area (TPSA) is 71.5 Å². The first-order chi connectivity index (χ1) is 9.65. The Kier molecular flexibility index (Phi) is 4.57. The van der Waals surface area contributed by atoms with Crippen molar-refractivity contribution >= 4 is 17.2 Å². The second-order valence-corrected chi connectivity index (χ2v) is 5.12. The van der Waals surface area contributed by atoms with E-state index in [1.54, 1.807) is 18.3 Å². The molecule has 1 aromatic heterocycles. The molecule has 0 saturated heterocycles. The Balaban J connectivity index is 2.13. The van der Waals surface area contributed by atoms with E-state index in [4.69, 9.17) is 4.74 Å². The fraction of sp³-hybridized carbons (Fsp3) is 0.286. The summed E-state index contributed by atoms with van der Waals surface area (Å²) in [7, 11) is 1.46. The van der Waals surface area contributed by atoms with Gasteiger partial charge in [0.25, 0.3) is 5.91 Å². The summed E-state index contributed by atoms with van der Waals surface area (Å²) in [5.74, 6) is 0.0426. The van der Waals surface area contributed by atoms with Gasteiger partial charge in [0.1, 0.15) is 5.01 Å². The van der Waals surface area contributed by atoms with Crippen molar-refractivity contribution in [2.75, 3.05) is 7.11 Å². The molecule has 0 aliphatic carbocycles. The standard InChI is InChI=1S/C14H16N2O3S/c1-3-10(14-15-6-7-20-14)16-13(18)9-4-5-12(19-2)11(17)8-9/h4-8,10,17H,3H2,1-2H3,(H,16,18). The van der Waals surface area contributed by atoms with E-state index in [1.807, 2.05) is 12.3 Å². The summed E-state index contributed by atoms with van der Waals surface area (Å²) >= 11 is 1.51. The minimum Gasteiger partial charge on any atom is -0.504 e. The number of aromatic hydroxyl groups is 1. The summed E-state index contributed by atoms with van der Waals surface area (Å²) in [4.78, 5) is 16.4. The van der Waals surface area contributed by atoms with Gasteiger partial charge in [0.15, 0.2) is 11.5 Å². The zero-order chi connectivity index (χ0) is 14.5. The lowest BCUT2D eigenvalue weighted by molar-refractivity contribution is 0.0935. The number of aromatic nitrogens is 1. The van der Waals surface area contributed by atoms with Gasteiger partial charge in [-0.2, -0.15) is 0 Å². The summed E-state index contributed by atoms with van der Waals surface area (Å²) < 4.78 is 4.95. The normalized spacial score (nSPS) is 11.9. The molecule has 0 aliphatic heterocycles. The summed E-state index contributed by atoms with van der Waals surface area (Å²) in [5.41, 5.74) is 0.387. The quantitative estimate of drug-likeness (QED) is 0.889. The third-order valence-corrected chi connectivity index (χ3v) is 3.79. The van der Waals surface area contributed by atoms with Gasteiger partial charge in [-0.25, -0.2) is 4.98 Å². The highest BCUT2D eigenvalue weighted by atomic mass is 32.1. The van der Waals surface area contributed by atoms with Crippen LogP contribution in [0.1, 0.15) is 34.8 Å². The number of carbonyl (C=O) groups excluding carboxylic acids is 1. The molecule has 1 unspecified atom stereocenters. The Morgan fingerprint density at radius 3 is 2.90 bits per heavy atom. The Labute approximate surface area is 121 Å². The summed E-state index contributed by atoms with van der Waals surface area (Å²) in [5, 5.41) is 15.4.